The van der Waals surface area contributed by atoms with Crippen LogP contribution in [0.15, 0.2) is 53.9 Å². The first-order valence-electron chi connectivity index (χ1n) is 11.0. The van der Waals surface area contributed by atoms with Gasteiger partial charge in [0.1, 0.15) is 17.4 Å². The Kier molecular flexibility index (Phi) is 9.51. The Bertz CT molecular complexity index is 1230. The maximum absolute atomic E-state index is 13.5. The third kappa shape index (κ3) is 7.09. The molecule has 0 saturated carbocycles. The van der Waals surface area contributed by atoms with Crippen LogP contribution in [0.4, 0.5) is 10.1 Å². The standard InChI is InChI=1S/C25H25ClFN3O5S/c1-17-9-12-36-23(17)15-29(14-18-3-6-20(27)7-4-18)24(31)16-28(10-11-35-2)25(32)19-5-8-21(26)22(13-19)30(33)34/h3-9,12-13H,10-11,14-16H2,1-2H3. The Morgan fingerprint density at radius 3 is 2.44 bits per heavy atom. The largest absolute Gasteiger partial charge is 0.383 e. The van der Waals surface area contributed by atoms with Crippen molar-refractivity contribution in [1.29, 1.82) is 0 Å². The van der Waals surface area contributed by atoms with E-state index in [1.54, 1.807) is 17.0 Å². The van der Waals surface area contributed by atoms with Gasteiger partial charge >= 0.3 is 0 Å². The predicted octanol–water partition coefficient (Wildman–Crippen LogP) is 5.07. The molecule has 0 spiro atoms. The second kappa shape index (κ2) is 12.6. The van der Waals surface area contributed by atoms with Gasteiger partial charge in [-0.15, -0.1) is 11.3 Å². The van der Waals surface area contributed by atoms with E-state index in [9.17, 15) is 24.1 Å². The SMILES string of the molecule is COCCN(CC(=O)N(Cc1ccc(F)cc1)Cc1sccc1C)C(=O)c1ccc(Cl)c([N+](=O)[O-])c1. The Morgan fingerprint density at radius 2 is 1.83 bits per heavy atom. The molecule has 11 heteroatoms. The zero-order valence-electron chi connectivity index (χ0n) is 19.8. The molecule has 0 aliphatic heterocycles. The smallest absolute Gasteiger partial charge is 0.288 e. The quantitative estimate of drug-likeness (QED) is 0.253. The normalized spacial score (nSPS) is 10.8. The fourth-order valence-electron chi connectivity index (χ4n) is 3.47. The van der Waals surface area contributed by atoms with Crippen LogP contribution in [0.3, 0.4) is 0 Å². The lowest BCUT2D eigenvalue weighted by molar-refractivity contribution is -0.384. The number of methoxy groups -OCH3 is 1. The molecular weight excluding hydrogens is 509 g/mol. The van der Waals surface area contributed by atoms with E-state index in [4.69, 9.17) is 16.3 Å². The first-order chi connectivity index (χ1) is 17.2. The van der Waals surface area contributed by atoms with Gasteiger partial charge in [0.15, 0.2) is 0 Å². The van der Waals surface area contributed by atoms with Crippen molar-refractivity contribution in [3.63, 3.8) is 0 Å². The second-order valence-corrected chi connectivity index (χ2v) is 9.45. The Hall–Kier alpha value is -3.34. The number of rotatable bonds is 11. The molecule has 190 valence electrons. The van der Waals surface area contributed by atoms with E-state index in [1.165, 1.54) is 47.6 Å². The Balaban J connectivity index is 1.86. The lowest BCUT2D eigenvalue weighted by Crippen LogP contribution is -2.43. The minimum atomic E-state index is -0.669. The zero-order valence-corrected chi connectivity index (χ0v) is 21.4. The number of aryl methyl sites for hydroxylation is 1. The van der Waals surface area contributed by atoms with Crippen molar-refractivity contribution in [3.05, 3.63) is 96.4 Å². The molecule has 8 nitrogen and oxygen atoms in total. The lowest BCUT2D eigenvalue weighted by atomic mass is 10.1. The average Bonchev–Trinajstić information content (AvgIpc) is 3.26. The van der Waals surface area contributed by atoms with E-state index < -0.39 is 16.5 Å². The molecule has 0 N–H and O–H groups in total. The van der Waals surface area contributed by atoms with E-state index in [1.807, 2.05) is 18.4 Å². The number of benzene rings is 2. The van der Waals surface area contributed by atoms with Crippen LogP contribution in [-0.2, 0) is 22.6 Å². The number of halogens is 2. The van der Waals surface area contributed by atoms with Crippen LogP contribution < -0.4 is 0 Å². The summed E-state index contributed by atoms with van der Waals surface area (Å²) in [5.41, 5.74) is 1.42. The van der Waals surface area contributed by atoms with E-state index in [-0.39, 0.29) is 48.6 Å². The molecule has 0 atom stereocenters. The van der Waals surface area contributed by atoms with Crippen LogP contribution in [-0.4, -0.2) is 53.3 Å². The van der Waals surface area contributed by atoms with Crippen molar-refractivity contribution in [2.75, 3.05) is 26.8 Å². The summed E-state index contributed by atoms with van der Waals surface area (Å²) in [6, 6.07) is 11.6. The Morgan fingerprint density at radius 1 is 1.11 bits per heavy atom. The Labute approximate surface area is 217 Å². The van der Waals surface area contributed by atoms with Gasteiger partial charge in [0.25, 0.3) is 11.6 Å². The van der Waals surface area contributed by atoms with Crippen molar-refractivity contribution in [1.82, 2.24) is 9.80 Å². The number of nitro benzene ring substituents is 1. The zero-order chi connectivity index (χ0) is 26.2. The third-order valence-corrected chi connectivity index (χ3v) is 6.84. The predicted molar refractivity (Wildman–Crippen MR) is 136 cm³/mol. The highest BCUT2D eigenvalue weighted by molar-refractivity contribution is 7.10. The molecule has 1 heterocycles. The van der Waals surface area contributed by atoms with Crippen LogP contribution in [0.2, 0.25) is 5.02 Å². The number of carbonyl (C=O) groups is 2. The van der Waals surface area contributed by atoms with E-state index in [0.29, 0.717) is 6.54 Å². The molecule has 3 aromatic rings. The number of nitrogens with zero attached hydrogens (tertiary/aromatic N) is 3. The van der Waals surface area contributed by atoms with Crippen LogP contribution >= 0.6 is 22.9 Å². The van der Waals surface area contributed by atoms with Crippen LogP contribution in [0, 0.1) is 22.9 Å². The molecule has 0 unspecified atom stereocenters. The van der Waals surface area contributed by atoms with Gasteiger partial charge in [0, 0.05) is 36.7 Å². The number of thiophene rings is 1. The van der Waals surface area contributed by atoms with E-state index in [2.05, 4.69) is 0 Å². The average molecular weight is 534 g/mol. The molecule has 0 aliphatic rings. The van der Waals surface area contributed by atoms with Gasteiger partial charge in [-0.1, -0.05) is 23.7 Å². The molecule has 0 aliphatic carbocycles. The highest BCUT2D eigenvalue weighted by Crippen LogP contribution is 2.26. The third-order valence-electron chi connectivity index (χ3n) is 5.51. The molecule has 0 radical (unpaired) electrons. The lowest BCUT2D eigenvalue weighted by Gasteiger charge is -2.28. The maximum atomic E-state index is 13.5. The van der Waals surface area contributed by atoms with Gasteiger partial charge in [-0.05, 0) is 53.8 Å². The number of ether oxygens (including phenoxy) is 1. The first kappa shape index (κ1) is 27.3. The van der Waals surface area contributed by atoms with Crippen molar-refractivity contribution in [2.45, 2.75) is 20.0 Å². The first-order valence-corrected chi connectivity index (χ1v) is 12.2. The number of hydrogen-bond donors (Lipinski definition) is 0. The monoisotopic (exact) mass is 533 g/mol. The van der Waals surface area contributed by atoms with Gasteiger partial charge in [-0.2, -0.15) is 0 Å². The summed E-state index contributed by atoms with van der Waals surface area (Å²) in [5.74, 6) is -1.27. The van der Waals surface area contributed by atoms with Gasteiger partial charge in [-0.25, -0.2) is 4.39 Å². The number of nitro groups is 1. The molecule has 2 aromatic carbocycles. The molecule has 3 rings (SSSR count). The van der Waals surface area contributed by atoms with Crippen molar-refractivity contribution in [3.8, 4) is 0 Å². The molecule has 0 bridgehead atoms. The molecular formula is C25H25ClFN3O5S. The van der Waals surface area contributed by atoms with Crippen molar-refractivity contribution < 1.29 is 23.6 Å². The summed E-state index contributed by atoms with van der Waals surface area (Å²) in [7, 11) is 1.47. The molecule has 36 heavy (non-hydrogen) atoms. The van der Waals surface area contributed by atoms with Crippen molar-refractivity contribution >= 4 is 40.4 Å². The van der Waals surface area contributed by atoms with Crippen LogP contribution in [0.1, 0.15) is 26.4 Å². The van der Waals surface area contributed by atoms with Crippen molar-refractivity contribution in [2.24, 2.45) is 0 Å². The van der Waals surface area contributed by atoms with Gasteiger partial charge < -0.3 is 14.5 Å². The summed E-state index contributed by atoms with van der Waals surface area (Å²) in [6.07, 6.45) is 0. The summed E-state index contributed by atoms with van der Waals surface area (Å²) < 4.78 is 18.5. The summed E-state index contributed by atoms with van der Waals surface area (Å²) in [5, 5.41) is 13.1. The van der Waals surface area contributed by atoms with E-state index in [0.717, 1.165) is 22.1 Å². The minimum Gasteiger partial charge on any atom is -0.383 e. The molecule has 2 amide bonds. The maximum Gasteiger partial charge on any atom is 0.288 e. The number of carbonyl (C=O) groups excluding carboxylic acids is 2. The number of hydrogen-bond acceptors (Lipinski definition) is 6. The fourth-order valence-corrected chi connectivity index (χ4v) is 4.57. The molecule has 1 aromatic heterocycles. The molecule has 0 fully saturated rings. The second-order valence-electron chi connectivity index (χ2n) is 8.05. The van der Waals surface area contributed by atoms with Gasteiger partial charge in [0.05, 0.1) is 18.1 Å². The molecule has 0 saturated heterocycles. The van der Waals surface area contributed by atoms with E-state index >= 15 is 0 Å². The highest BCUT2D eigenvalue weighted by Gasteiger charge is 2.25. The fraction of sp³-hybridized carbons (Fsp3) is 0.280. The summed E-state index contributed by atoms with van der Waals surface area (Å²) in [6.45, 7) is 2.47. The van der Waals surface area contributed by atoms with Gasteiger partial charge in [0.2, 0.25) is 5.91 Å². The van der Waals surface area contributed by atoms with Crippen LogP contribution in [0.5, 0.6) is 0 Å². The van der Waals surface area contributed by atoms with Gasteiger partial charge in [-0.3, -0.25) is 19.7 Å². The minimum absolute atomic E-state index is 0.0363. The summed E-state index contributed by atoms with van der Waals surface area (Å²) in [4.78, 5) is 41.2. The topological polar surface area (TPSA) is 93.0 Å². The van der Waals surface area contributed by atoms with Crippen LogP contribution in [0.25, 0.3) is 0 Å². The number of amides is 2. The highest BCUT2D eigenvalue weighted by atomic mass is 35.5. The summed E-state index contributed by atoms with van der Waals surface area (Å²) >= 11 is 7.40.